The van der Waals surface area contributed by atoms with E-state index in [0.29, 0.717) is 37.9 Å². The summed E-state index contributed by atoms with van der Waals surface area (Å²) in [5, 5.41) is 18.6. The number of esters is 1. The van der Waals surface area contributed by atoms with Crippen LogP contribution >= 0.6 is 0 Å². The molecule has 0 radical (unpaired) electrons. The smallest absolute Gasteiger partial charge is 0.407 e. The predicted octanol–water partition coefficient (Wildman–Crippen LogP) is 2.95. The number of hydrogen-bond acceptors (Lipinski definition) is 9. The number of piperazine rings is 1. The van der Waals surface area contributed by atoms with Crippen molar-refractivity contribution in [2.45, 2.75) is 95.8 Å². The van der Waals surface area contributed by atoms with Crippen LogP contribution in [0.4, 0.5) is 4.79 Å². The minimum Gasteiger partial charge on any atom is -0.462 e. The van der Waals surface area contributed by atoms with Gasteiger partial charge in [-0.1, -0.05) is 13.8 Å². The number of nitrogens with one attached hydrogen (secondary N) is 2. The van der Waals surface area contributed by atoms with E-state index in [4.69, 9.17) is 13.9 Å². The first kappa shape index (κ1) is 31.1. The van der Waals surface area contributed by atoms with Crippen molar-refractivity contribution in [3.63, 3.8) is 0 Å². The van der Waals surface area contributed by atoms with Crippen molar-refractivity contribution >= 4 is 18.0 Å². The lowest BCUT2D eigenvalue weighted by atomic mass is 9.43. The van der Waals surface area contributed by atoms with Crippen molar-refractivity contribution in [1.29, 1.82) is 0 Å². The summed E-state index contributed by atoms with van der Waals surface area (Å²) < 4.78 is 16.6. The van der Waals surface area contributed by atoms with Gasteiger partial charge < -0.3 is 29.6 Å². The molecular weight excluding hydrogens is 566 g/mol. The van der Waals surface area contributed by atoms with E-state index in [1.807, 2.05) is 4.90 Å². The molecule has 1 aliphatic heterocycles. The Morgan fingerprint density at radius 2 is 1.95 bits per heavy atom. The van der Waals surface area contributed by atoms with Gasteiger partial charge in [-0.3, -0.25) is 14.5 Å². The first-order valence-electron chi connectivity index (χ1n) is 16.3. The highest BCUT2D eigenvalue weighted by atomic mass is 16.6. The van der Waals surface area contributed by atoms with E-state index in [-0.39, 0.29) is 41.8 Å². The molecule has 0 unspecified atom stereocenters. The van der Waals surface area contributed by atoms with E-state index < -0.39 is 28.8 Å². The average Bonchev–Trinajstić information content (AvgIpc) is 3.19. The number of carbonyl (C=O) groups excluding carboxylic acids is 3. The SMILES string of the molecule is CC(=O)O[C@H]1C[C@]2(O)[C@@H]3CC[C@@H]4C[C@@H](NC(=O)OCCN5CCNC(=O)C5)CC[C@]4(C)[C@H]3CC[C@]2(C)[C@H]1c1ccc(=O)oc1. The van der Waals surface area contributed by atoms with Crippen molar-refractivity contribution in [1.82, 2.24) is 15.5 Å². The predicted molar refractivity (Wildman–Crippen MR) is 160 cm³/mol. The van der Waals surface area contributed by atoms with Crippen LogP contribution < -0.4 is 16.3 Å². The fourth-order valence-electron chi connectivity index (χ4n) is 10.2. The lowest BCUT2D eigenvalue weighted by molar-refractivity contribution is -0.202. The van der Waals surface area contributed by atoms with Crippen molar-refractivity contribution in [3.05, 3.63) is 34.4 Å². The van der Waals surface area contributed by atoms with Crippen LogP contribution in [0.2, 0.25) is 0 Å². The van der Waals surface area contributed by atoms with Gasteiger partial charge in [0.05, 0.1) is 18.4 Å². The number of ether oxygens (including phenoxy) is 2. The summed E-state index contributed by atoms with van der Waals surface area (Å²) in [6, 6.07) is 3.20. The van der Waals surface area contributed by atoms with Crippen LogP contribution in [0.1, 0.15) is 83.6 Å². The summed E-state index contributed by atoms with van der Waals surface area (Å²) in [6.07, 6.45) is 7.22. The molecule has 0 bridgehead atoms. The summed E-state index contributed by atoms with van der Waals surface area (Å²) >= 11 is 0. The Labute approximate surface area is 258 Å². The molecule has 11 nitrogen and oxygen atoms in total. The quantitative estimate of drug-likeness (QED) is 0.412. The molecule has 5 fully saturated rings. The molecule has 4 saturated carbocycles. The molecule has 4 aliphatic carbocycles. The molecule has 9 atom stereocenters. The van der Waals surface area contributed by atoms with Gasteiger partial charge in [0.2, 0.25) is 5.91 Å². The van der Waals surface area contributed by atoms with Crippen molar-refractivity contribution in [3.8, 4) is 0 Å². The van der Waals surface area contributed by atoms with Gasteiger partial charge in [-0.15, -0.1) is 0 Å². The first-order valence-corrected chi connectivity index (χ1v) is 16.3. The first-order chi connectivity index (χ1) is 20.9. The normalized spacial score (nSPS) is 40.1. The second kappa shape index (κ2) is 11.8. The second-order valence-electron chi connectivity index (χ2n) is 14.5. The van der Waals surface area contributed by atoms with Crippen molar-refractivity contribution < 1.29 is 33.4 Å². The third kappa shape index (κ3) is 5.44. The molecule has 1 saturated heterocycles. The number of alkyl carbamates (subject to hydrolysis) is 1. The number of carbonyl (C=O) groups is 3. The Hall–Kier alpha value is -2.92. The Bertz CT molecular complexity index is 1310. The van der Waals surface area contributed by atoms with Gasteiger partial charge >= 0.3 is 17.7 Å². The Kier molecular flexibility index (Phi) is 8.32. The van der Waals surface area contributed by atoms with Crippen molar-refractivity contribution in [2.24, 2.45) is 28.6 Å². The van der Waals surface area contributed by atoms with Crippen LogP contribution in [0, 0.1) is 28.6 Å². The van der Waals surface area contributed by atoms with E-state index in [1.54, 1.807) is 6.07 Å². The van der Waals surface area contributed by atoms with Crippen LogP contribution in [0.15, 0.2) is 27.6 Å². The van der Waals surface area contributed by atoms with Gasteiger partial charge in [0.15, 0.2) is 0 Å². The molecular formula is C33H47N3O8. The third-order valence-corrected chi connectivity index (χ3v) is 12.3. The largest absolute Gasteiger partial charge is 0.462 e. The summed E-state index contributed by atoms with van der Waals surface area (Å²) in [4.78, 5) is 50.1. The number of rotatable bonds is 6. The Balaban J connectivity index is 1.12. The number of hydrogen-bond donors (Lipinski definition) is 3. The van der Waals surface area contributed by atoms with Gasteiger partial charge in [0.1, 0.15) is 12.7 Å². The number of nitrogens with zero attached hydrogens (tertiary/aromatic N) is 1. The van der Waals surface area contributed by atoms with E-state index in [0.717, 1.165) is 57.1 Å². The molecule has 2 amide bonds. The molecule has 0 spiro atoms. The molecule has 1 aromatic heterocycles. The van der Waals surface area contributed by atoms with E-state index in [1.165, 1.54) is 19.3 Å². The van der Waals surface area contributed by atoms with Crippen LogP contribution in [0.25, 0.3) is 0 Å². The van der Waals surface area contributed by atoms with Gasteiger partial charge in [0, 0.05) is 56.4 Å². The van der Waals surface area contributed by atoms with Gasteiger partial charge in [-0.25, -0.2) is 9.59 Å². The zero-order chi connectivity index (χ0) is 31.3. The molecule has 3 N–H and O–H groups in total. The zero-order valence-electron chi connectivity index (χ0n) is 26.1. The van der Waals surface area contributed by atoms with Gasteiger partial charge in [0.25, 0.3) is 0 Å². The maximum Gasteiger partial charge on any atom is 0.407 e. The monoisotopic (exact) mass is 613 g/mol. The molecule has 0 aromatic carbocycles. The lowest BCUT2D eigenvalue weighted by Gasteiger charge is -2.63. The van der Waals surface area contributed by atoms with Gasteiger partial charge in [-0.2, -0.15) is 0 Å². The highest BCUT2D eigenvalue weighted by Gasteiger charge is 2.70. The molecule has 6 rings (SSSR count). The van der Waals surface area contributed by atoms with Crippen LogP contribution in [-0.2, 0) is 19.1 Å². The minimum atomic E-state index is -1.03. The summed E-state index contributed by atoms with van der Waals surface area (Å²) in [5.74, 6) is 0.155. The molecule has 11 heteroatoms. The third-order valence-electron chi connectivity index (χ3n) is 12.3. The molecule has 242 valence electrons. The lowest BCUT2D eigenvalue weighted by Crippen LogP contribution is -2.62. The Morgan fingerprint density at radius 1 is 1.14 bits per heavy atom. The topological polar surface area (TPSA) is 147 Å². The molecule has 44 heavy (non-hydrogen) atoms. The minimum absolute atomic E-state index is 0.00147. The van der Waals surface area contributed by atoms with Crippen LogP contribution in [0.5, 0.6) is 0 Å². The average molecular weight is 614 g/mol. The zero-order valence-corrected chi connectivity index (χ0v) is 26.1. The summed E-state index contributed by atoms with van der Waals surface area (Å²) in [6.45, 7) is 8.40. The number of amides is 2. The fourth-order valence-corrected chi connectivity index (χ4v) is 10.2. The van der Waals surface area contributed by atoms with Crippen LogP contribution in [-0.4, -0.2) is 78.5 Å². The van der Waals surface area contributed by atoms with E-state index in [2.05, 4.69) is 24.5 Å². The highest BCUT2D eigenvalue weighted by Crippen LogP contribution is 2.70. The molecule has 2 heterocycles. The highest BCUT2D eigenvalue weighted by molar-refractivity contribution is 5.78. The standard InChI is InChI=1S/C33H47N3O8/c1-20(37)44-26-17-33(41)25-6-5-22-16-23(35-30(40)42-15-14-36-13-12-34-27(38)18-36)8-10-31(22,2)24(25)9-11-32(33,3)29(26)21-4-7-28(39)43-19-21/h4,7,19,22-26,29,41H,5-6,8-18H2,1-3H3,(H,34,38)(H,35,40)/t22-,23+,24+,25-,26+,29+,31+,32-,33+/m1/s1. The maximum atomic E-state index is 12.7. The van der Waals surface area contributed by atoms with Crippen LogP contribution in [0.3, 0.4) is 0 Å². The maximum absolute atomic E-state index is 12.7. The molecule has 1 aromatic rings. The molecule has 5 aliphatic rings. The number of aliphatic hydroxyl groups is 1. The summed E-state index contributed by atoms with van der Waals surface area (Å²) in [7, 11) is 0. The van der Waals surface area contributed by atoms with E-state index in [9.17, 15) is 24.3 Å². The number of fused-ring (bicyclic) bond motifs is 5. The van der Waals surface area contributed by atoms with Crippen molar-refractivity contribution in [2.75, 3.05) is 32.8 Å². The fraction of sp³-hybridized carbons (Fsp3) is 0.758. The summed E-state index contributed by atoms with van der Waals surface area (Å²) in [5.41, 5.74) is -1.19. The second-order valence-corrected chi connectivity index (χ2v) is 14.5. The van der Waals surface area contributed by atoms with Gasteiger partial charge in [-0.05, 0) is 79.7 Å². The Morgan fingerprint density at radius 3 is 2.68 bits per heavy atom. The van der Waals surface area contributed by atoms with E-state index >= 15 is 0 Å².